The minimum atomic E-state index is -3.77. The van der Waals surface area contributed by atoms with Crippen molar-refractivity contribution in [1.82, 2.24) is 10.2 Å². The van der Waals surface area contributed by atoms with Crippen LogP contribution in [0.3, 0.4) is 0 Å². The summed E-state index contributed by atoms with van der Waals surface area (Å²) in [6, 6.07) is 11.6. The van der Waals surface area contributed by atoms with Gasteiger partial charge in [-0.05, 0) is 50.1 Å². The molecule has 0 fully saturated rings. The van der Waals surface area contributed by atoms with Crippen molar-refractivity contribution in [2.45, 2.75) is 39.8 Å². The minimum absolute atomic E-state index is 0.0419. The van der Waals surface area contributed by atoms with Gasteiger partial charge in [-0.1, -0.05) is 36.8 Å². The number of hydrogen-bond acceptors (Lipinski definition) is 4. The Morgan fingerprint density at radius 2 is 1.62 bits per heavy atom. The molecule has 32 heavy (non-hydrogen) atoms. The van der Waals surface area contributed by atoms with Gasteiger partial charge < -0.3 is 10.2 Å². The van der Waals surface area contributed by atoms with Gasteiger partial charge in [-0.3, -0.25) is 13.9 Å². The first-order valence-corrected chi connectivity index (χ1v) is 12.3. The molecule has 0 heterocycles. The van der Waals surface area contributed by atoms with Crippen LogP contribution in [0, 0.1) is 12.7 Å². The van der Waals surface area contributed by atoms with Crippen LogP contribution in [-0.4, -0.2) is 50.5 Å². The third-order valence-electron chi connectivity index (χ3n) is 5.00. The second kappa shape index (κ2) is 11.1. The van der Waals surface area contributed by atoms with Gasteiger partial charge in [-0.2, -0.15) is 0 Å². The quantitative estimate of drug-likeness (QED) is 0.587. The molecule has 0 aromatic heterocycles. The summed E-state index contributed by atoms with van der Waals surface area (Å²) in [4.78, 5) is 27.4. The van der Waals surface area contributed by atoms with Crippen molar-refractivity contribution in [2.24, 2.45) is 0 Å². The molecule has 0 aliphatic carbocycles. The molecule has 1 N–H and O–H groups in total. The maximum absolute atomic E-state index is 13.4. The van der Waals surface area contributed by atoms with E-state index >= 15 is 0 Å². The molecule has 2 aromatic carbocycles. The second-order valence-electron chi connectivity index (χ2n) is 7.57. The highest BCUT2D eigenvalue weighted by Crippen LogP contribution is 2.20. The molecular formula is C23H30FN3O4S. The zero-order valence-corrected chi connectivity index (χ0v) is 19.7. The monoisotopic (exact) mass is 463 g/mol. The zero-order valence-electron chi connectivity index (χ0n) is 18.8. The normalized spacial score (nSPS) is 12.2. The summed E-state index contributed by atoms with van der Waals surface area (Å²) in [5, 5.41) is 2.72. The molecule has 0 spiro atoms. The first-order valence-electron chi connectivity index (χ1n) is 10.4. The average molecular weight is 464 g/mol. The lowest BCUT2D eigenvalue weighted by Crippen LogP contribution is -2.52. The molecular weight excluding hydrogens is 433 g/mol. The van der Waals surface area contributed by atoms with Gasteiger partial charge in [0, 0.05) is 13.1 Å². The zero-order chi connectivity index (χ0) is 23.9. The molecule has 0 saturated carbocycles. The Labute approximate surface area is 189 Å². The van der Waals surface area contributed by atoms with Gasteiger partial charge in [-0.15, -0.1) is 0 Å². The second-order valence-corrected chi connectivity index (χ2v) is 9.48. The molecule has 9 heteroatoms. The van der Waals surface area contributed by atoms with Crippen molar-refractivity contribution >= 4 is 27.5 Å². The van der Waals surface area contributed by atoms with Crippen molar-refractivity contribution in [3.8, 4) is 0 Å². The van der Waals surface area contributed by atoms with Gasteiger partial charge in [0.05, 0.1) is 11.9 Å². The first kappa shape index (κ1) is 25.3. The third-order valence-corrected chi connectivity index (χ3v) is 6.14. The van der Waals surface area contributed by atoms with E-state index in [9.17, 15) is 22.4 Å². The Hall–Kier alpha value is -2.94. The number of benzene rings is 2. The van der Waals surface area contributed by atoms with Gasteiger partial charge in [-0.25, -0.2) is 12.8 Å². The van der Waals surface area contributed by atoms with Crippen molar-refractivity contribution in [3.63, 3.8) is 0 Å². The van der Waals surface area contributed by atoms with Crippen LogP contribution < -0.4 is 9.62 Å². The highest BCUT2D eigenvalue weighted by molar-refractivity contribution is 7.92. The molecule has 0 aliphatic rings. The fourth-order valence-corrected chi connectivity index (χ4v) is 4.17. The number of carbonyl (C=O) groups is 2. The van der Waals surface area contributed by atoms with Gasteiger partial charge in [0.15, 0.2) is 0 Å². The fraction of sp³-hybridized carbons (Fsp3) is 0.391. The van der Waals surface area contributed by atoms with E-state index in [0.717, 1.165) is 16.1 Å². The van der Waals surface area contributed by atoms with Crippen LogP contribution >= 0.6 is 0 Å². The molecule has 2 rings (SSSR count). The lowest BCUT2D eigenvalue weighted by molar-refractivity contribution is -0.140. The number of anilines is 1. The summed E-state index contributed by atoms with van der Waals surface area (Å²) in [6.45, 7) is 5.41. The minimum Gasteiger partial charge on any atom is -0.355 e. The number of rotatable bonds is 10. The number of amides is 2. The van der Waals surface area contributed by atoms with Crippen molar-refractivity contribution in [3.05, 3.63) is 65.5 Å². The standard InChI is InChI=1S/C23H30FN3O4S/c1-5-21(23(29)25-6-2)26(15-18-9-11-19(24)12-10-18)22(28)16-27(32(4,30)31)20-13-7-17(3)8-14-20/h7-14,21H,5-6,15-16H2,1-4H3,(H,25,29)/t21-/m1/s1. The summed E-state index contributed by atoms with van der Waals surface area (Å²) in [6.07, 6.45) is 1.37. The number of aryl methyl sites for hydroxylation is 1. The molecule has 0 saturated heterocycles. The largest absolute Gasteiger partial charge is 0.355 e. The number of halogens is 1. The topological polar surface area (TPSA) is 86.8 Å². The molecule has 2 amide bonds. The van der Waals surface area contributed by atoms with Crippen LogP contribution in [0.4, 0.5) is 10.1 Å². The summed E-state index contributed by atoms with van der Waals surface area (Å²) in [7, 11) is -3.77. The number of carbonyl (C=O) groups excluding carboxylic acids is 2. The van der Waals surface area contributed by atoms with E-state index in [1.54, 1.807) is 38.1 Å². The molecule has 174 valence electrons. The molecule has 1 atom stereocenters. The van der Waals surface area contributed by atoms with E-state index in [1.807, 2.05) is 6.92 Å². The van der Waals surface area contributed by atoms with Gasteiger partial charge in [0.25, 0.3) is 0 Å². The molecule has 7 nitrogen and oxygen atoms in total. The SMILES string of the molecule is CCNC(=O)[C@@H](CC)N(Cc1ccc(F)cc1)C(=O)CN(c1ccc(C)cc1)S(C)(=O)=O. The molecule has 0 radical (unpaired) electrons. The average Bonchev–Trinajstić information content (AvgIpc) is 2.73. The highest BCUT2D eigenvalue weighted by atomic mass is 32.2. The summed E-state index contributed by atoms with van der Waals surface area (Å²) in [5.41, 5.74) is 1.94. The number of hydrogen-bond donors (Lipinski definition) is 1. The Kier molecular flexibility index (Phi) is 8.77. The maximum Gasteiger partial charge on any atom is 0.244 e. The van der Waals surface area contributed by atoms with E-state index < -0.39 is 34.3 Å². The first-order chi connectivity index (χ1) is 15.1. The third kappa shape index (κ3) is 6.78. The predicted molar refractivity (Wildman–Crippen MR) is 123 cm³/mol. The van der Waals surface area contributed by atoms with Gasteiger partial charge >= 0.3 is 0 Å². The van der Waals surface area contributed by atoms with Gasteiger partial charge in [0.1, 0.15) is 18.4 Å². The van der Waals surface area contributed by atoms with Crippen LogP contribution in [0.5, 0.6) is 0 Å². The number of likely N-dealkylation sites (N-methyl/N-ethyl adjacent to an activating group) is 1. The van der Waals surface area contributed by atoms with Gasteiger partial charge in [0.2, 0.25) is 21.8 Å². The van der Waals surface area contributed by atoms with Crippen molar-refractivity contribution in [2.75, 3.05) is 23.7 Å². The summed E-state index contributed by atoms with van der Waals surface area (Å²) < 4.78 is 39.3. The van der Waals surface area contributed by atoms with E-state index in [0.29, 0.717) is 24.2 Å². The number of sulfonamides is 1. The van der Waals surface area contributed by atoms with Crippen LogP contribution in [0.25, 0.3) is 0 Å². The van der Waals surface area contributed by atoms with Crippen LogP contribution in [0.15, 0.2) is 48.5 Å². The van der Waals surface area contributed by atoms with Crippen LogP contribution in [-0.2, 0) is 26.2 Å². The lowest BCUT2D eigenvalue weighted by atomic mass is 10.1. The van der Waals surface area contributed by atoms with Crippen molar-refractivity contribution in [1.29, 1.82) is 0 Å². The number of nitrogens with zero attached hydrogens (tertiary/aromatic N) is 2. The fourth-order valence-electron chi connectivity index (χ4n) is 3.32. The Bertz CT molecular complexity index is 1020. The molecule has 0 aliphatic heterocycles. The maximum atomic E-state index is 13.4. The van der Waals surface area contributed by atoms with Crippen LogP contribution in [0.2, 0.25) is 0 Å². The molecule has 0 unspecified atom stereocenters. The Morgan fingerprint density at radius 3 is 2.12 bits per heavy atom. The predicted octanol–water partition coefficient (Wildman–Crippen LogP) is 2.84. The molecule has 2 aromatic rings. The summed E-state index contributed by atoms with van der Waals surface area (Å²) in [5.74, 6) is -1.27. The summed E-state index contributed by atoms with van der Waals surface area (Å²) >= 11 is 0. The van der Waals surface area contributed by atoms with E-state index in [4.69, 9.17) is 0 Å². The van der Waals surface area contributed by atoms with E-state index in [1.165, 1.54) is 29.2 Å². The van der Waals surface area contributed by atoms with Crippen molar-refractivity contribution < 1.29 is 22.4 Å². The molecule has 0 bridgehead atoms. The lowest BCUT2D eigenvalue weighted by Gasteiger charge is -2.32. The highest BCUT2D eigenvalue weighted by Gasteiger charge is 2.31. The smallest absolute Gasteiger partial charge is 0.244 e. The van der Waals surface area contributed by atoms with Crippen LogP contribution in [0.1, 0.15) is 31.4 Å². The Balaban J connectivity index is 2.40. The Morgan fingerprint density at radius 1 is 1.03 bits per heavy atom. The number of nitrogens with one attached hydrogen (secondary N) is 1. The van der Waals surface area contributed by atoms with E-state index in [-0.39, 0.29) is 12.5 Å². The van der Waals surface area contributed by atoms with E-state index in [2.05, 4.69) is 5.32 Å².